The van der Waals surface area contributed by atoms with Crippen LogP contribution in [0.4, 0.5) is 11.4 Å². The molecule has 0 fully saturated rings. The van der Waals surface area contributed by atoms with Gasteiger partial charge in [0.05, 0.1) is 5.25 Å². The summed E-state index contributed by atoms with van der Waals surface area (Å²) in [6.45, 7) is 5.79. The SMILES string of the molecule is CCC(Sc1cccc(NC(=O)/C(=C\c2ccc(C)cc2)NC(=O)c2ccccc2)c1)C(=O)Nc1cccc(Cl)c1C. The first-order valence-corrected chi connectivity index (χ1v) is 14.8. The number of carbonyl (C=O) groups excluding carboxylic acids is 3. The van der Waals surface area contributed by atoms with Gasteiger partial charge in [0.1, 0.15) is 5.70 Å². The predicted molar refractivity (Wildman–Crippen MR) is 173 cm³/mol. The Morgan fingerprint density at radius 3 is 2.29 bits per heavy atom. The van der Waals surface area contributed by atoms with Gasteiger partial charge in [-0.25, -0.2) is 0 Å². The Bertz CT molecular complexity index is 1600. The van der Waals surface area contributed by atoms with Crippen molar-refractivity contribution in [1.29, 1.82) is 0 Å². The third kappa shape index (κ3) is 8.35. The van der Waals surface area contributed by atoms with Gasteiger partial charge in [0.15, 0.2) is 0 Å². The summed E-state index contributed by atoms with van der Waals surface area (Å²) >= 11 is 7.62. The highest BCUT2D eigenvalue weighted by atomic mass is 35.5. The van der Waals surface area contributed by atoms with Crippen molar-refractivity contribution in [3.8, 4) is 0 Å². The van der Waals surface area contributed by atoms with Crippen LogP contribution in [0.15, 0.2) is 108 Å². The minimum atomic E-state index is -0.469. The van der Waals surface area contributed by atoms with Crippen molar-refractivity contribution >= 4 is 58.5 Å². The van der Waals surface area contributed by atoms with Crippen molar-refractivity contribution in [2.24, 2.45) is 0 Å². The summed E-state index contributed by atoms with van der Waals surface area (Å²) in [5.41, 5.74) is 4.43. The molecular weight excluding hydrogens is 566 g/mol. The number of benzene rings is 4. The van der Waals surface area contributed by atoms with E-state index in [1.165, 1.54) is 11.8 Å². The number of hydrogen-bond acceptors (Lipinski definition) is 4. The lowest BCUT2D eigenvalue weighted by atomic mass is 10.1. The summed E-state index contributed by atoms with van der Waals surface area (Å²) < 4.78 is 0. The van der Waals surface area contributed by atoms with Crippen molar-refractivity contribution in [2.45, 2.75) is 37.3 Å². The second-order valence-electron chi connectivity index (χ2n) is 9.69. The molecule has 0 aliphatic heterocycles. The zero-order chi connectivity index (χ0) is 30.1. The van der Waals surface area contributed by atoms with Crippen molar-refractivity contribution in [1.82, 2.24) is 5.32 Å². The van der Waals surface area contributed by atoms with Crippen LogP contribution in [0.3, 0.4) is 0 Å². The Hall–Kier alpha value is -4.33. The number of rotatable bonds is 10. The van der Waals surface area contributed by atoms with E-state index in [2.05, 4.69) is 16.0 Å². The first kappa shape index (κ1) is 30.6. The van der Waals surface area contributed by atoms with Gasteiger partial charge in [-0.1, -0.05) is 78.7 Å². The smallest absolute Gasteiger partial charge is 0.272 e. The van der Waals surface area contributed by atoms with Gasteiger partial charge in [-0.2, -0.15) is 0 Å². The van der Waals surface area contributed by atoms with E-state index in [0.29, 0.717) is 28.4 Å². The molecule has 0 aliphatic rings. The molecule has 4 aromatic rings. The molecule has 214 valence electrons. The van der Waals surface area contributed by atoms with E-state index >= 15 is 0 Å². The minimum Gasteiger partial charge on any atom is -0.325 e. The topological polar surface area (TPSA) is 87.3 Å². The quantitative estimate of drug-likeness (QED) is 0.128. The van der Waals surface area contributed by atoms with E-state index in [4.69, 9.17) is 11.6 Å². The minimum absolute atomic E-state index is 0.105. The first-order chi connectivity index (χ1) is 20.2. The van der Waals surface area contributed by atoms with Crippen LogP contribution in [0.1, 0.15) is 40.4 Å². The van der Waals surface area contributed by atoms with E-state index in [-0.39, 0.29) is 22.8 Å². The molecule has 3 N–H and O–H groups in total. The summed E-state index contributed by atoms with van der Waals surface area (Å²) in [7, 11) is 0. The number of nitrogens with one attached hydrogen (secondary N) is 3. The highest BCUT2D eigenvalue weighted by molar-refractivity contribution is 8.00. The molecule has 0 bridgehead atoms. The molecule has 1 unspecified atom stereocenters. The molecule has 0 radical (unpaired) electrons. The Balaban J connectivity index is 1.50. The van der Waals surface area contributed by atoms with E-state index in [9.17, 15) is 14.4 Å². The Kier molecular flexibility index (Phi) is 10.6. The molecule has 0 heterocycles. The van der Waals surface area contributed by atoms with Gasteiger partial charge < -0.3 is 16.0 Å². The lowest BCUT2D eigenvalue weighted by molar-refractivity contribution is -0.116. The number of hydrogen-bond donors (Lipinski definition) is 3. The molecule has 1 atom stereocenters. The molecule has 0 aliphatic carbocycles. The number of carbonyl (C=O) groups is 3. The van der Waals surface area contributed by atoms with Crippen LogP contribution in [0.5, 0.6) is 0 Å². The zero-order valence-corrected chi connectivity index (χ0v) is 25.2. The molecule has 0 saturated heterocycles. The largest absolute Gasteiger partial charge is 0.325 e. The highest BCUT2D eigenvalue weighted by Gasteiger charge is 2.20. The second-order valence-corrected chi connectivity index (χ2v) is 11.4. The maximum atomic E-state index is 13.4. The zero-order valence-electron chi connectivity index (χ0n) is 23.6. The molecule has 0 saturated carbocycles. The van der Waals surface area contributed by atoms with Crippen LogP contribution < -0.4 is 16.0 Å². The van der Waals surface area contributed by atoms with E-state index in [1.807, 2.05) is 75.4 Å². The summed E-state index contributed by atoms with van der Waals surface area (Å²) in [5, 5.41) is 8.86. The number of halogens is 1. The van der Waals surface area contributed by atoms with Crippen molar-refractivity contribution < 1.29 is 14.4 Å². The van der Waals surface area contributed by atoms with Gasteiger partial charge in [-0.15, -0.1) is 11.8 Å². The molecule has 4 aromatic carbocycles. The fraction of sp³-hybridized carbons (Fsp3) is 0.147. The van der Waals surface area contributed by atoms with Crippen LogP contribution in [-0.2, 0) is 9.59 Å². The summed E-state index contributed by atoms with van der Waals surface area (Å²) in [6.07, 6.45) is 2.24. The van der Waals surface area contributed by atoms with E-state index in [0.717, 1.165) is 21.6 Å². The summed E-state index contributed by atoms with van der Waals surface area (Å²) in [4.78, 5) is 40.3. The summed E-state index contributed by atoms with van der Waals surface area (Å²) in [6, 6.07) is 29.1. The molecule has 8 heteroatoms. The molecule has 0 aromatic heterocycles. The number of amides is 3. The molecule has 6 nitrogen and oxygen atoms in total. The molecule has 42 heavy (non-hydrogen) atoms. The lowest BCUT2D eigenvalue weighted by Gasteiger charge is -2.17. The molecule has 3 amide bonds. The van der Waals surface area contributed by atoms with Gasteiger partial charge in [-0.3, -0.25) is 14.4 Å². The molecular formula is C34H32ClN3O3S. The third-order valence-electron chi connectivity index (χ3n) is 6.48. The monoisotopic (exact) mass is 597 g/mol. The fourth-order valence-corrected chi connectivity index (χ4v) is 5.25. The van der Waals surface area contributed by atoms with Crippen molar-refractivity contribution in [3.05, 3.63) is 130 Å². The van der Waals surface area contributed by atoms with E-state index < -0.39 is 5.91 Å². The van der Waals surface area contributed by atoms with Crippen LogP contribution in [0.2, 0.25) is 5.02 Å². The van der Waals surface area contributed by atoms with Gasteiger partial charge in [0.25, 0.3) is 11.8 Å². The van der Waals surface area contributed by atoms with Crippen molar-refractivity contribution in [2.75, 3.05) is 10.6 Å². The van der Waals surface area contributed by atoms with Crippen LogP contribution in [0.25, 0.3) is 6.08 Å². The maximum Gasteiger partial charge on any atom is 0.272 e. The standard InChI is InChI=1S/C34H32ClN3O3S/c1-4-31(34(41)37-29-15-9-14-28(35)23(29)3)42-27-13-8-12-26(21-27)36-33(40)30(20-24-18-16-22(2)17-19-24)38-32(39)25-10-6-5-7-11-25/h5-21,31H,4H2,1-3H3,(H,36,40)(H,37,41)(H,38,39)/b30-20+. The lowest BCUT2D eigenvalue weighted by Crippen LogP contribution is -2.30. The number of anilines is 2. The average Bonchev–Trinajstić information content (AvgIpc) is 2.99. The highest BCUT2D eigenvalue weighted by Crippen LogP contribution is 2.30. The molecule has 0 spiro atoms. The number of thioether (sulfide) groups is 1. The van der Waals surface area contributed by atoms with Crippen molar-refractivity contribution in [3.63, 3.8) is 0 Å². The Morgan fingerprint density at radius 1 is 0.857 bits per heavy atom. The average molecular weight is 598 g/mol. The normalized spacial score (nSPS) is 11.9. The van der Waals surface area contributed by atoms with Gasteiger partial charge in [0, 0.05) is 26.9 Å². The Labute approximate surface area is 255 Å². The van der Waals surface area contributed by atoms with Crippen LogP contribution in [0, 0.1) is 13.8 Å². The van der Waals surface area contributed by atoms with Gasteiger partial charge in [-0.05, 0) is 79.9 Å². The number of aryl methyl sites for hydroxylation is 1. The van der Waals surface area contributed by atoms with Gasteiger partial charge >= 0.3 is 0 Å². The van der Waals surface area contributed by atoms with E-state index in [1.54, 1.807) is 48.5 Å². The van der Waals surface area contributed by atoms with Crippen LogP contribution in [-0.4, -0.2) is 23.0 Å². The Morgan fingerprint density at radius 2 is 1.57 bits per heavy atom. The maximum absolute atomic E-state index is 13.4. The van der Waals surface area contributed by atoms with Crippen LogP contribution >= 0.6 is 23.4 Å². The fourth-order valence-electron chi connectivity index (χ4n) is 4.06. The first-order valence-electron chi connectivity index (χ1n) is 13.5. The molecule has 4 rings (SSSR count). The predicted octanol–water partition coefficient (Wildman–Crippen LogP) is 7.88. The van der Waals surface area contributed by atoms with Gasteiger partial charge in [0.2, 0.25) is 5.91 Å². The third-order valence-corrected chi connectivity index (χ3v) is 8.24. The second kappa shape index (κ2) is 14.5. The summed E-state index contributed by atoms with van der Waals surface area (Å²) in [5.74, 6) is -0.988.